The van der Waals surface area contributed by atoms with Crippen molar-refractivity contribution in [3.63, 3.8) is 0 Å². The Hall–Kier alpha value is -3.14. The minimum Gasteiger partial charge on any atom is -0.489 e. The molecule has 0 aromatic heterocycles. The average Bonchev–Trinajstić information content (AvgIpc) is 2.73. The third-order valence-corrected chi connectivity index (χ3v) is 5.32. The van der Waals surface area contributed by atoms with Gasteiger partial charge in [-0.3, -0.25) is 0 Å². The number of hydrogen-bond acceptors (Lipinski definition) is 6. The summed E-state index contributed by atoms with van der Waals surface area (Å²) in [5.74, 6) is -0.699. The molecule has 0 fully saturated rings. The number of nitrogens with two attached hydrogens (primary N) is 1. The molecule has 8 heteroatoms. The lowest BCUT2D eigenvalue weighted by Crippen LogP contribution is -2.26. The molecule has 0 bridgehead atoms. The summed E-state index contributed by atoms with van der Waals surface area (Å²) < 4.78 is 16.7. The summed E-state index contributed by atoms with van der Waals surface area (Å²) in [5.41, 5.74) is 7.60. The van der Waals surface area contributed by atoms with E-state index in [0.29, 0.717) is 21.4 Å². The van der Waals surface area contributed by atoms with E-state index >= 15 is 0 Å². The molecule has 1 aliphatic rings. The number of carbonyl (C=O) groups excluding carboxylic acids is 1. The number of hydrogen-bond donors (Lipinski definition) is 1. The molecule has 2 aromatic rings. The summed E-state index contributed by atoms with van der Waals surface area (Å²) >= 11 is 12.2. The number of rotatable bonds is 6. The second-order valence-corrected chi connectivity index (χ2v) is 7.52. The summed E-state index contributed by atoms with van der Waals surface area (Å²) in [4.78, 5) is 12.7. The van der Waals surface area contributed by atoms with Gasteiger partial charge in [0.15, 0.2) is 0 Å². The van der Waals surface area contributed by atoms with Gasteiger partial charge in [-0.25, -0.2) is 4.79 Å². The molecule has 1 aliphatic heterocycles. The van der Waals surface area contributed by atoms with Crippen molar-refractivity contribution < 1.29 is 19.0 Å². The van der Waals surface area contributed by atoms with Crippen LogP contribution in [0.2, 0.25) is 10.0 Å². The lowest BCUT2D eigenvalue weighted by Gasteiger charge is -2.28. The molecule has 160 valence electrons. The molecule has 0 radical (unpaired) electrons. The SMILES string of the molecule is CCOC(=O)C1=C(C)OC(N)=C(C#N)C1c1ccccc1OCc1ccc(Cl)cc1Cl. The fourth-order valence-electron chi connectivity index (χ4n) is 3.31. The zero-order valence-corrected chi connectivity index (χ0v) is 18.5. The Morgan fingerprint density at radius 3 is 2.68 bits per heavy atom. The maximum atomic E-state index is 12.7. The highest BCUT2D eigenvalue weighted by molar-refractivity contribution is 6.35. The van der Waals surface area contributed by atoms with Crippen LogP contribution in [0.4, 0.5) is 0 Å². The van der Waals surface area contributed by atoms with Gasteiger partial charge in [0.25, 0.3) is 0 Å². The van der Waals surface area contributed by atoms with Crippen LogP contribution in [0.1, 0.15) is 30.9 Å². The van der Waals surface area contributed by atoms with E-state index in [4.69, 9.17) is 43.1 Å². The molecule has 31 heavy (non-hydrogen) atoms. The molecular weight excluding hydrogens is 439 g/mol. The van der Waals surface area contributed by atoms with Crippen molar-refractivity contribution in [1.29, 1.82) is 5.26 Å². The van der Waals surface area contributed by atoms with Crippen LogP contribution in [0.5, 0.6) is 5.75 Å². The minimum atomic E-state index is -0.797. The number of ether oxygens (including phenoxy) is 3. The van der Waals surface area contributed by atoms with Crippen molar-refractivity contribution in [2.75, 3.05) is 6.61 Å². The van der Waals surface area contributed by atoms with Crippen LogP contribution in [0.25, 0.3) is 0 Å². The molecule has 1 heterocycles. The molecule has 6 nitrogen and oxygen atoms in total. The Morgan fingerprint density at radius 2 is 2.00 bits per heavy atom. The number of nitriles is 1. The van der Waals surface area contributed by atoms with Gasteiger partial charge in [-0.15, -0.1) is 0 Å². The van der Waals surface area contributed by atoms with Crippen LogP contribution in [0.15, 0.2) is 65.3 Å². The Morgan fingerprint density at radius 1 is 1.26 bits per heavy atom. The Labute approximate surface area is 190 Å². The first-order valence-corrected chi connectivity index (χ1v) is 10.2. The van der Waals surface area contributed by atoms with Crippen LogP contribution in [0.3, 0.4) is 0 Å². The lowest BCUT2D eigenvalue weighted by atomic mass is 9.82. The van der Waals surface area contributed by atoms with E-state index in [0.717, 1.165) is 5.56 Å². The van der Waals surface area contributed by atoms with Crippen molar-refractivity contribution in [3.8, 4) is 11.8 Å². The molecule has 1 unspecified atom stereocenters. The Kier molecular flexibility index (Phi) is 7.11. The average molecular weight is 459 g/mol. The largest absolute Gasteiger partial charge is 0.489 e. The lowest BCUT2D eigenvalue weighted by molar-refractivity contribution is -0.139. The van der Waals surface area contributed by atoms with Crippen LogP contribution < -0.4 is 10.5 Å². The van der Waals surface area contributed by atoms with E-state index in [9.17, 15) is 10.1 Å². The smallest absolute Gasteiger partial charge is 0.338 e. The second-order valence-electron chi connectivity index (χ2n) is 6.68. The molecule has 0 amide bonds. The molecule has 0 spiro atoms. The molecular formula is C23H20Cl2N2O4. The number of para-hydroxylation sites is 1. The van der Waals surface area contributed by atoms with Crippen molar-refractivity contribution in [2.24, 2.45) is 5.73 Å². The zero-order valence-electron chi connectivity index (χ0n) is 16.9. The topological polar surface area (TPSA) is 94.6 Å². The predicted octanol–water partition coefficient (Wildman–Crippen LogP) is 5.22. The minimum absolute atomic E-state index is 0.0615. The highest BCUT2D eigenvalue weighted by Crippen LogP contribution is 2.43. The van der Waals surface area contributed by atoms with E-state index in [1.807, 2.05) is 0 Å². The summed E-state index contributed by atoms with van der Waals surface area (Å²) in [6.07, 6.45) is 0. The number of allylic oxidation sites excluding steroid dienone is 2. The van der Waals surface area contributed by atoms with Gasteiger partial charge in [0.1, 0.15) is 29.8 Å². The summed E-state index contributed by atoms with van der Waals surface area (Å²) in [7, 11) is 0. The van der Waals surface area contributed by atoms with E-state index < -0.39 is 11.9 Å². The van der Waals surface area contributed by atoms with Crippen molar-refractivity contribution >= 4 is 29.2 Å². The van der Waals surface area contributed by atoms with E-state index in [1.165, 1.54) is 0 Å². The standard InChI is InChI=1S/C23H20Cl2N2O4/c1-3-29-23(28)20-13(2)31-22(27)17(11-26)21(20)16-6-4-5-7-19(16)30-12-14-8-9-15(24)10-18(14)25/h4-10,21H,3,12,27H2,1-2H3. The summed E-state index contributed by atoms with van der Waals surface area (Å²) in [6, 6.07) is 14.3. The van der Waals surface area contributed by atoms with E-state index in [-0.39, 0.29) is 36.0 Å². The Balaban J connectivity index is 2.04. The fraction of sp³-hybridized carbons (Fsp3) is 0.217. The zero-order chi connectivity index (χ0) is 22.5. The second kappa shape index (κ2) is 9.78. The first-order valence-electron chi connectivity index (χ1n) is 9.48. The van der Waals surface area contributed by atoms with Crippen LogP contribution in [-0.4, -0.2) is 12.6 Å². The van der Waals surface area contributed by atoms with E-state index in [1.54, 1.807) is 56.3 Å². The molecule has 3 rings (SSSR count). The van der Waals surface area contributed by atoms with Gasteiger partial charge in [0, 0.05) is 21.2 Å². The van der Waals surface area contributed by atoms with Gasteiger partial charge >= 0.3 is 5.97 Å². The van der Waals surface area contributed by atoms with Crippen molar-refractivity contribution in [1.82, 2.24) is 0 Å². The maximum Gasteiger partial charge on any atom is 0.338 e. The number of carbonyl (C=O) groups is 1. The number of halogens is 2. The summed E-state index contributed by atoms with van der Waals surface area (Å²) in [5, 5.41) is 10.8. The fourth-order valence-corrected chi connectivity index (χ4v) is 3.77. The maximum absolute atomic E-state index is 12.7. The molecule has 0 saturated carbocycles. The highest BCUT2D eigenvalue weighted by Gasteiger charge is 2.37. The van der Waals surface area contributed by atoms with E-state index in [2.05, 4.69) is 6.07 Å². The molecule has 2 aromatic carbocycles. The predicted molar refractivity (Wildman–Crippen MR) is 117 cm³/mol. The highest BCUT2D eigenvalue weighted by atomic mass is 35.5. The number of esters is 1. The summed E-state index contributed by atoms with van der Waals surface area (Å²) in [6.45, 7) is 3.65. The molecule has 0 saturated heterocycles. The van der Waals surface area contributed by atoms with Crippen LogP contribution in [-0.2, 0) is 20.9 Å². The van der Waals surface area contributed by atoms with Crippen molar-refractivity contribution in [2.45, 2.75) is 26.4 Å². The normalized spacial score (nSPS) is 15.9. The van der Waals surface area contributed by atoms with Gasteiger partial charge in [0.2, 0.25) is 5.88 Å². The van der Waals surface area contributed by atoms with Crippen molar-refractivity contribution in [3.05, 3.63) is 86.4 Å². The monoisotopic (exact) mass is 458 g/mol. The van der Waals surface area contributed by atoms with Gasteiger partial charge in [-0.1, -0.05) is 47.5 Å². The third kappa shape index (κ3) is 4.79. The number of nitrogens with zero attached hydrogens (tertiary/aromatic N) is 1. The number of benzene rings is 2. The molecule has 1 atom stereocenters. The Bertz CT molecular complexity index is 1120. The third-order valence-electron chi connectivity index (χ3n) is 4.73. The van der Waals surface area contributed by atoms with Crippen LogP contribution >= 0.6 is 23.2 Å². The van der Waals surface area contributed by atoms with Gasteiger partial charge in [-0.05, 0) is 32.0 Å². The van der Waals surface area contributed by atoms with Gasteiger partial charge < -0.3 is 19.9 Å². The molecule has 0 aliphatic carbocycles. The van der Waals surface area contributed by atoms with Gasteiger partial charge in [-0.2, -0.15) is 5.26 Å². The first kappa shape index (κ1) is 22.5. The van der Waals surface area contributed by atoms with Crippen LogP contribution in [0, 0.1) is 11.3 Å². The van der Waals surface area contributed by atoms with Gasteiger partial charge in [0.05, 0.1) is 18.1 Å². The quantitative estimate of drug-likeness (QED) is 0.596. The molecule has 2 N–H and O–H groups in total. The first-order chi connectivity index (χ1) is 14.9.